The lowest BCUT2D eigenvalue weighted by Crippen LogP contribution is -2.32. The van der Waals surface area contributed by atoms with Crippen molar-refractivity contribution in [2.45, 2.75) is 52.1 Å². The summed E-state index contributed by atoms with van der Waals surface area (Å²) < 4.78 is 6.72. The second-order valence-electron chi connectivity index (χ2n) is 5.73. The Morgan fingerprint density at radius 2 is 2.11 bits per heavy atom. The van der Waals surface area contributed by atoms with E-state index < -0.39 is 5.60 Å². The van der Waals surface area contributed by atoms with Crippen molar-refractivity contribution >= 4 is 27.5 Å². The number of ether oxygens (including phenoxy) is 1. The molecule has 1 aromatic heterocycles. The molecule has 5 heteroatoms. The molecule has 0 amide bonds. The zero-order valence-electron chi connectivity index (χ0n) is 11.7. The summed E-state index contributed by atoms with van der Waals surface area (Å²) >= 11 is 9.72. The molecule has 19 heavy (non-hydrogen) atoms. The number of aromatic nitrogens is 2. The lowest BCUT2D eigenvalue weighted by atomic mass is 9.95. The third-order valence-corrected chi connectivity index (χ3v) is 4.76. The first-order chi connectivity index (χ1) is 8.92. The number of hydrogen-bond acceptors (Lipinski definition) is 3. The van der Waals surface area contributed by atoms with Gasteiger partial charge in [-0.3, -0.25) is 0 Å². The predicted molar refractivity (Wildman–Crippen MR) is 80.4 cm³/mol. The molecule has 2 heterocycles. The van der Waals surface area contributed by atoms with E-state index in [1.807, 2.05) is 0 Å². The van der Waals surface area contributed by atoms with Gasteiger partial charge < -0.3 is 4.74 Å². The summed E-state index contributed by atoms with van der Waals surface area (Å²) in [6.07, 6.45) is 4.09. The molecule has 1 saturated heterocycles. The summed E-state index contributed by atoms with van der Waals surface area (Å²) in [5, 5.41) is 0.482. The summed E-state index contributed by atoms with van der Waals surface area (Å²) in [5.41, 5.74) is 0.578. The highest BCUT2D eigenvalue weighted by atomic mass is 79.9. The van der Waals surface area contributed by atoms with Crippen LogP contribution in [0.5, 0.6) is 0 Å². The van der Waals surface area contributed by atoms with Gasteiger partial charge in [-0.25, -0.2) is 9.97 Å². The number of nitrogens with zero attached hydrogens (tertiary/aromatic N) is 2. The Morgan fingerprint density at radius 1 is 1.37 bits per heavy atom. The van der Waals surface area contributed by atoms with E-state index in [0.717, 1.165) is 48.3 Å². The highest BCUT2D eigenvalue weighted by molar-refractivity contribution is 9.10. The summed E-state index contributed by atoms with van der Waals surface area (Å²) in [6.45, 7) is 7.17. The monoisotopic (exact) mass is 346 g/mol. The molecule has 0 radical (unpaired) electrons. The molecule has 0 N–H and O–H groups in total. The zero-order valence-corrected chi connectivity index (χ0v) is 14.0. The molecule has 0 spiro atoms. The van der Waals surface area contributed by atoms with Crippen LogP contribution in [0.1, 0.15) is 51.6 Å². The zero-order chi connectivity index (χ0) is 14.0. The Labute approximate surface area is 128 Å². The summed E-state index contributed by atoms with van der Waals surface area (Å²) in [6, 6.07) is 0. The first kappa shape index (κ1) is 15.2. The van der Waals surface area contributed by atoms with Crippen LogP contribution in [0.15, 0.2) is 4.47 Å². The van der Waals surface area contributed by atoms with Crippen LogP contribution < -0.4 is 0 Å². The Balaban J connectivity index is 2.38. The van der Waals surface area contributed by atoms with Crippen molar-refractivity contribution in [3.8, 4) is 0 Å². The summed E-state index contributed by atoms with van der Waals surface area (Å²) in [5.74, 6) is 1.24. The van der Waals surface area contributed by atoms with Crippen molar-refractivity contribution in [3.05, 3.63) is 21.1 Å². The van der Waals surface area contributed by atoms with Crippen molar-refractivity contribution in [1.29, 1.82) is 0 Å². The van der Waals surface area contributed by atoms with Crippen molar-refractivity contribution in [2.75, 3.05) is 6.61 Å². The van der Waals surface area contributed by atoms with Crippen LogP contribution in [-0.2, 0) is 16.8 Å². The fourth-order valence-corrected chi connectivity index (χ4v) is 2.86. The second kappa shape index (κ2) is 6.06. The smallest absolute Gasteiger partial charge is 0.161 e. The molecule has 1 aromatic rings. The molecule has 0 bridgehead atoms. The van der Waals surface area contributed by atoms with E-state index in [1.165, 1.54) is 0 Å². The Kier molecular flexibility index (Phi) is 4.85. The number of rotatable bonds is 3. The van der Waals surface area contributed by atoms with Gasteiger partial charge in [0.15, 0.2) is 5.82 Å². The van der Waals surface area contributed by atoms with Crippen molar-refractivity contribution in [1.82, 2.24) is 9.97 Å². The van der Waals surface area contributed by atoms with Crippen LogP contribution in [-0.4, -0.2) is 16.6 Å². The molecule has 1 fully saturated rings. The van der Waals surface area contributed by atoms with Crippen LogP contribution in [0.3, 0.4) is 0 Å². The molecule has 2 rings (SSSR count). The normalized spacial score (nSPS) is 23.9. The van der Waals surface area contributed by atoms with Gasteiger partial charge in [-0.15, -0.1) is 0 Å². The Morgan fingerprint density at radius 3 is 2.68 bits per heavy atom. The fraction of sp³-hybridized carbons (Fsp3) is 0.714. The third kappa shape index (κ3) is 3.47. The molecule has 1 aliphatic heterocycles. The summed E-state index contributed by atoms with van der Waals surface area (Å²) in [4.78, 5) is 9.12. The second-order valence-corrected chi connectivity index (χ2v) is 6.88. The van der Waals surface area contributed by atoms with E-state index in [9.17, 15) is 0 Å². The molecule has 1 aliphatic rings. The number of halogens is 2. The van der Waals surface area contributed by atoms with E-state index in [4.69, 9.17) is 21.3 Å². The first-order valence-electron chi connectivity index (χ1n) is 6.79. The minimum absolute atomic E-state index is 0.395. The average molecular weight is 348 g/mol. The number of hydrogen-bond donors (Lipinski definition) is 0. The van der Waals surface area contributed by atoms with Gasteiger partial charge >= 0.3 is 0 Å². The van der Waals surface area contributed by atoms with E-state index >= 15 is 0 Å². The Bertz CT molecular complexity index is 459. The van der Waals surface area contributed by atoms with Gasteiger partial charge in [0, 0.05) is 6.61 Å². The molecule has 1 atom stereocenters. The van der Waals surface area contributed by atoms with Gasteiger partial charge in [0.1, 0.15) is 10.8 Å². The molecular formula is C14H20BrClN2O. The molecule has 0 saturated carbocycles. The highest BCUT2D eigenvalue weighted by Gasteiger charge is 2.34. The first-order valence-corrected chi connectivity index (χ1v) is 7.96. The quantitative estimate of drug-likeness (QED) is 0.755. The third-order valence-electron chi connectivity index (χ3n) is 3.42. The van der Waals surface area contributed by atoms with Gasteiger partial charge in [-0.1, -0.05) is 25.4 Å². The molecule has 1 unspecified atom stereocenters. The predicted octanol–water partition coefficient (Wildman–Crippen LogP) is 4.51. The van der Waals surface area contributed by atoms with E-state index in [2.05, 4.69) is 41.7 Å². The molecule has 106 valence electrons. The summed E-state index contributed by atoms with van der Waals surface area (Å²) in [7, 11) is 0. The lowest BCUT2D eigenvalue weighted by Gasteiger charge is -2.32. The maximum absolute atomic E-state index is 6.23. The average Bonchev–Trinajstić information content (AvgIpc) is 2.35. The van der Waals surface area contributed by atoms with Crippen molar-refractivity contribution in [2.24, 2.45) is 5.92 Å². The maximum atomic E-state index is 6.23. The van der Waals surface area contributed by atoms with Crippen LogP contribution in [0.4, 0.5) is 0 Å². The molecule has 0 aliphatic carbocycles. The van der Waals surface area contributed by atoms with Crippen LogP contribution >= 0.6 is 27.5 Å². The largest absolute Gasteiger partial charge is 0.367 e. The van der Waals surface area contributed by atoms with Crippen molar-refractivity contribution in [3.63, 3.8) is 0 Å². The minimum atomic E-state index is -0.395. The van der Waals surface area contributed by atoms with Gasteiger partial charge in [-0.05, 0) is 54.5 Å². The molecule has 3 nitrogen and oxygen atoms in total. The SMILES string of the molecule is CC(C)Cc1nc(C2(C)CCCCO2)nc(Cl)c1Br. The van der Waals surface area contributed by atoms with Crippen LogP contribution in [0.2, 0.25) is 5.15 Å². The van der Waals surface area contributed by atoms with Gasteiger partial charge in [0.05, 0.1) is 10.2 Å². The van der Waals surface area contributed by atoms with E-state index in [1.54, 1.807) is 0 Å². The van der Waals surface area contributed by atoms with E-state index in [-0.39, 0.29) is 0 Å². The van der Waals surface area contributed by atoms with Crippen molar-refractivity contribution < 1.29 is 4.74 Å². The van der Waals surface area contributed by atoms with Crippen LogP contribution in [0, 0.1) is 5.92 Å². The molecule has 0 aromatic carbocycles. The van der Waals surface area contributed by atoms with Gasteiger partial charge in [0.25, 0.3) is 0 Å². The van der Waals surface area contributed by atoms with Gasteiger partial charge in [0.2, 0.25) is 0 Å². The lowest BCUT2D eigenvalue weighted by molar-refractivity contribution is -0.0762. The topological polar surface area (TPSA) is 35.0 Å². The molecular weight excluding hydrogens is 328 g/mol. The maximum Gasteiger partial charge on any atom is 0.161 e. The Hall–Kier alpha value is -0.190. The van der Waals surface area contributed by atoms with Gasteiger partial charge in [-0.2, -0.15) is 0 Å². The fourth-order valence-electron chi connectivity index (χ4n) is 2.33. The van der Waals surface area contributed by atoms with E-state index in [0.29, 0.717) is 11.1 Å². The standard InChI is InChI=1S/C14H20BrClN2O/c1-9(2)8-10-11(15)12(16)18-13(17-10)14(3)6-4-5-7-19-14/h9H,4-8H2,1-3H3. The minimum Gasteiger partial charge on any atom is -0.367 e. The van der Waals surface area contributed by atoms with Crippen LogP contribution in [0.25, 0.3) is 0 Å². The highest BCUT2D eigenvalue weighted by Crippen LogP contribution is 2.35.